The summed E-state index contributed by atoms with van der Waals surface area (Å²) in [4.78, 5) is 29.2. The van der Waals surface area contributed by atoms with Crippen molar-refractivity contribution in [2.75, 3.05) is 13.2 Å². The van der Waals surface area contributed by atoms with E-state index in [9.17, 15) is 14.7 Å². The van der Waals surface area contributed by atoms with Crippen LogP contribution in [0.5, 0.6) is 11.5 Å². The molecule has 0 saturated heterocycles. The van der Waals surface area contributed by atoms with Crippen molar-refractivity contribution in [2.24, 2.45) is 0 Å². The van der Waals surface area contributed by atoms with Crippen molar-refractivity contribution in [1.82, 2.24) is 9.55 Å². The van der Waals surface area contributed by atoms with Crippen LogP contribution in [0, 0.1) is 0 Å². The predicted molar refractivity (Wildman–Crippen MR) is 121 cm³/mol. The minimum Gasteiger partial charge on any atom is -0.486 e. The number of ether oxygens (including phenoxy) is 2. The van der Waals surface area contributed by atoms with Crippen LogP contribution in [0.4, 0.5) is 0 Å². The molecule has 32 heavy (non-hydrogen) atoms. The van der Waals surface area contributed by atoms with E-state index < -0.39 is 5.97 Å². The maximum absolute atomic E-state index is 13.3. The van der Waals surface area contributed by atoms with Crippen LogP contribution in [0.3, 0.4) is 0 Å². The number of carboxylic acid groups (broad SMARTS) is 1. The number of nitrogens with zero attached hydrogens (tertiary/aromatic N) is 2. The second-order valence-electron chi connectivity index (χ2n) is 7.22. The molecule has 1 aromatic heterocycles. The Bertz CT molecular complexity index is 1420. The zero-order valence-electron chi connectivity index (χ0n) is 16.9. The third-order valence-electron chi connectivity index (χ3n) is 5.17. The summed E-state index contributed by atoms with van der Waals surface area (Å²) in [7, 11) is 0. The Labute approximate surface area is 182 Å². The standard InChI is InChI=1S/C25H18N2O5/c28-24-19-3-1-2-4-20(19)26-23(27(24)18-9-7-17(8-10-18)25(29)30)12-6-16-5-11-21-22(15-16)32-14-13-31-21/h1-12,15H,13-14H2,(H,29,30)/b12-6+. The first-order valence-electron chi connectivity index (χ1n) is 10.0. The van der Waals surface area contributed by atoms with Crippen molar-refractivity contribution in [3.63, 3.8) is 0 Å². The van der Waals surface area contributed by atoms with Crippen molar-refractivity contribution in [2.45, 2.75) is 0 Å². The lowest BCUT2D eigenvalue weighted by Gasteiger charge is -2.18. The van der Waals surface area contributed by atoms with Gasteiger partial charge in [0, 0.05) is 0 Å². The zero-order valence-corrected chi connectivity index (χ0v) is 16.9. The molecule has 0 fully saturated rings. The Morgan fingerprint density at radius 3 is 2.47 bits per heavy atom. The van der Waals surface area contributed by atoms with Crippen molar-refractivity contribution in [3.05, 3.63) is 94.0 Å². The molecule has 1 aliphatic heterocycles. The molecule has 0 bridgehead atoms. The SMILES string of the molecule is O=C(O)c1ccc(-n2c(/C=C/c3ccc4c(c3)OCCO4)nc3ccccc3c2=O)cc1. The molecular weight excluding hydrogens is 408 g/mol. The quantitative estimate of drug-likeness (QED) is 0.530. The summed E-state index contributed by atoms with van der Waals surface area (Å²) in [6.45, 7) is 1.02. The predicted octanol–water partition coefficient (Wildman–Crippen LogP) is 4.03. The summed E-state index contributed by atoms with van der Waals surface area (Å²) in [5.74, 6) is 0.769. The number of aromatic carboxylic acids is 1. The molecular formula is C25H18N2O5. The molecule has 3 aromatic carbocycles. The van der Waals surface area contributed by atoms with E-state index in [1.807, 2.05) is 30.3 Å². The van der Waals surface area contributed by atoms with E-state index in [-0.39, 0.29) is 11.1 Å². The van der Waals surface area contributed by atoms with E-state index >= 15 is 0 Å². The van der Waals surface area contributed by atoms with Gasteiger partial charge in [-0.3, -0.25) is 9.36 Å². The van der Waals surface area contributed by atoms with Gasteiger partial charge in [-0.15, -0.1) is 0 Å². The monoisotopic (exact) mass is 426 g/mol. The van der Waals surface area contributed by atoms with Crippen LogP contribution in [-0.2, 0) is 0 Å². The summed E-state index contributed by atoms with van der Waals surface area (Å²) in [6.07, 6.45) is 3.60. The number of hydrogen-bond acceptors (Lipinski definition) is 5. The molecule has 0 amide bonds. The number of carbonyl (C=O) groups is 1. The first kappa shape index (κ1) is 19.6. The first-order chi connectivity index (χ1) is 15.6. The lowest BCUT2D eigenvalue weighted by molar-refractivity contribution is 0.0697. The van der Waals surface area contributed by atoms with Crippen LogP contribution in [0.1, 0.15) is 21.7 Å². The second kappa shape index (κ2) is 8.03. The van der Waals surface area contributed by atoms with Gasteiger partial charge in [-0.05, 0) is 60.2 Å². The second-order valence-corrected chi connectivity index (χ2v) is 7.22. The molecule has 0 unspecified atom stereocenters. The molecule has 5 rings (SSSR count). The molecule has 0 aliphatic carbocycles. The molecule has 0 radical (unpaired) electrons. The summed E-state index contributed by atoms with van der Waals surface area (Å²) >= 11 is 0. The van der Waals surface area contributed by atoms with Crippen LogP contribution in [-0.4, -0.2) is 33.8 Å². The van der Waals surface area contributed by atoms with Gasteiger partial charge in [0.15, 0.2) is 11.5 Å². The van der Waals surface area contributed by atoms with Crippen LogP contribution < -0.4 is 15.0 Å². The number of fused-ring (bicyclic) bond motifs is 2. The third-order valence-corrected chi connectivity index (χ3v) is 5.17. The highest BCUT2D eigenvalue weighted by molar-refractivity contribution is 5.88. The highest BCUT2D eigenvalue weighted by Crippen LogP contribution is 2.31. The minimum absolute atomic E-state index is 0.143. The van der Waals surface area contributed by atoms with Gasteiger partial charge in [-0.25, -0.2) is 9.78 Å². The fourth-order valence-corrected chi connectivity index (χ4v) is 3.60. The Hall–Kier alpha value is -4.39. The Morgan fingerprint density at radius 1 is 0.938 bits per heavy atom. The number of benzene rings is 3. The van der Waals surface area contributed by atoms with Gasteiger partial charge in [-0.2, -0.15) is 0 Å². The number of carboxylic acids is 1. The Morgan fingerprint density at radius 2 is 1.69 bits per heavy atom. The van der Waals surface area contributed by atoms with Crippen molar-refractivity contribution in [3.8, 4) is 17.2 Å². The van der Waals surface area contributed by atoms with E-state index in [1.54, 1.807) is 36.4 Å². The van der Waals surface area contributed by atoms with Crippen molar-refractivity contribution < 1.29 is 19.4 Å². The largest absolute Gasteiger partial charge is 0.486 e. The van der Waals surface area contributed by atoms with Gasteiger partial charge in [-0.1, -0.05) is 24.3 Å². The molecule has 0 atom stereocenters. The lowest BCUT2D eigenvalue weighted by atomic mass is 10.1. The normalized spacial score (nSPS) is 12.9. The van der Waals surface area contributed by atoms with Gasteiger partial charge >= 0.3 is 5.97 Å². The summed E-state index contributed by atoms with van der Waals surface area (Å²) < 4.78 is 12.7. The maximum Gasteiger partial charge on any atom is 0.335 e. The topological polar surface area (TPSA) is 90.7 Å². The highest BCUT2D eigenvalue weighted by Gasteiger charge is 2.13. The lowest BCUT2D eigenvalue weighted by Crippen LogP contribution is -2.22. The van der Waals surface area contributed by atoms with Crippen LogP contribution >= 0.6 is 0 Å². The Balaban J connectivity index is 1.63. The number of aromatic nitrogens is 2. The van der Waals surface area contributed by atoms with E-state index in [4.69, 9.17) is 9.47 Å². The number of para-hydroxylation sites is 1. The van der Waals surface area contributed by atoms with Gasteiger partial charge in [0.2, 0.25) is 0 Å². The fourth-order valence-electron chi connectivity index (χ4n) is 3.60. The average Bonchev–Trinajstić information content (AvgIpc) is 2.83. The van der Waals surface area contributed by atoms with E-state index in [2.05, 4.69) is 4.98 Å². The molecule has 1 N–H and O–H groups in total. The molecule has 0 saturated carbocycles. The highest BCUT2D eigenvalue weighted by atomic mass is 16.6. The molecule has 7 heteroatoms. The van der Waals surface area contributed by atoms with E-state index in [0.717, 1.165) is 5.56 Å². The molecule has 0 spiro atoms. The molecule has 158 valence electrons. The third kappa shape index (κ3) is 3.60. The van der Waals surface area contributed by atoms with Crippen LogP contribution in [0.25, 0.3) is 28.7 Å². The molecule has 4 aromatic rings. The maximum atomic E-state index is 13.3. The zero-order chi connectivity index (χ0) is 22.1. The van der Waals surface area contributed by atoms with Crippen molar-refractivity contribution in [1.29, 1.82) is 0 Å². The average molecular weight is 426 g/mol. The summed E-state index contributed by atoms with van der Waals surface area (Å²) in [5.41, 5.74) is 1.88. The van der Waals surface area contributed by atoms with Gasteiger partial charge < -0.3 is 14.6 Å². The molecule has 1 aliphatic rings. The van der Waals surface area contributed by atoms with Crippen LogP contribution in [0.15, 0.2) is 71.5 Å². The molecule has 2 heterocycles. The Kier molecular flexibility index (Phi) is 4.91. The van der Waals surface area contributed by atoms with Gasteiger partial charge in [0.05, 0.1) is 22.2 Å². The van der Waals surface area contributed by atoms with E-state index in [0.29, 0.717) is 47.1 Å². The van der Waals surface area contributed by atoms with Crippen LogP contribution in [0.2, 0.25) is 0 Å². The minimum atomic E-state index is -1.03. The van der Waals surface area contributed by atoms with Gasteiger partial charge in [0.1, 0.15) is 19.0 Å². The number of hydrogen-bond donors (Lipinski definition) is 1. The number of rotatable bonds is 4. The fraction of sp³-hybridized carbons (Fsp3) is 0.0800. The van der Waals surface area contributed by atoms with E-state index in [1.165, 1.54) is 16.7 Å². The van der Waals surface area contributed by atoms with Gasteiger partial charge in [0.25, 0.3) is 5.56 Å². The molecule has 7 nitrogen and oxygen atoms in total. The smallest absolute Gasteiger partial charge is 0.335 e. The summed E-state index contributed by atoms with van der Waals surface area (Å²) in [5, 5.41) is 9.66. The summed E-state index contributed by atoms with van der Waals surface area (Å²) in [6, 6.07) is 18.9. The first-order valence-corrected chi connectivity index (χ1v) is 10.0. The van der Waals surface area contributed by atoms with Crippen molar-refractivity contribution >= 4 is 29.0 Å².